The fraction of sp³-hybridized carbons (Fsp3) is 0.650. The van der Waals surface area contributed by atoms with Gasteiger partial charge in [-0.2, -0.15) is 0 Å². The zero-order chi connectivity index (χ0) is 17.6. The number of ketones is 1. The van der Waals surface area contributed by atoms with Crippen LogP contribution in [-0.4, -0.2) is 67.9 Å². The predicted octanol–water partition coefficient (Wildman–Crippen LogP) is 2.64. The molecule has 2 fully saturated rings. The summed E-state index contributed by atoms with van der Waals surface area (Å²) in [6.45, 7) is 9.38. The standard InChI is InChI=1S/C20H30FN3O/c1-17(25)16-23-10-7-18(8-11-23)6-9-22-12-14-24(15-13-22)20-5-3-2-4-19(20)21/h2-5,18H,6-16H2,1H3. The van der Waals surface area contributed by atoms with E-state index in [0.717, 1.165) is 57.4 Å². The molecule has 2 aliphatic heterocycles. The van der Waals surface area contributed by atoms with E-state index in [1.807, 2.05) is 12.1 Å². The fourth-order valence-electron chi connectivity index (χ4n) is 4.03. The molecule has 4 nitrogen and oxygen atoms in total. The van der Waals surface area contributed by atoms with Gasteiger partial charge >= 0.3 is 0 Å². The van der Waals surface area contributed by atoms with Crippen molar-refractivity contribution < 1.29 is 9.18 Å². The van der Waals surface area contributed by atoms with Crippen molar-refractivity contribution in [1.29, 1.82) is 0 Å². The van der Waals surface area contributed by atoms with Gasteiger partial charge in [-0.25, -0.2) is 4.39 Å². The highest BCUT2D eigenvalue weighted by Crippen LogP contribution is 2.23. The molecule has 0 aliphatic carbocycles. The largest absolute Gasteiger partial charge is 0.367 e. The molecule has 138 valence electrons. The zero-order valence-corrected chi connectivity index (χ0v) is 15.3. The second-order valence-electron chi connectivity index (χ2n) is 7.49. The first kappa shape index (κ1) is 18.3. The van der Waals surface area contributed by atoms with Crippen molar-refractivity contribution in [2.75, 3.05) is 57.3 Å². The normalized spacial score (nSPS) is 20.8. The smallest absolute Gasteiger partial charge is 0.146 e. The maximum atomic E-state index is 13.9. The molecule has 0 N–H and O–H groups in total. The van der Waals surface area contributed by atoms with Gasteiger partial charge in [0.15, 0.2) is 0 Å². The first-order valence-corrected chi connectivity index (χ1v) is 9.55. The Hall–Kier alpha value is -1.46. The quantitative estimate of drug-likeness (QED) is 0.790. The molecule has 3 rings (SSSR count). The number of carbonyl (C=O) groups excluding carboxylic acids is 1. The van der Waals surface area contributed by atoms with Crippen molar-refractivity contribution in [2.45, 2.75) is 26.2 Å². The van der Waals surface area contributed by atoms with E-state index < -0.39 is 0 Å². The molecule has 5 heteroatoms. The van der Waals surface area contributed by atoms with Crippen LogP contribution < -0.4 is 4.90 Å². The summed E-state index contributed by atoms with van der Waals surface area (Å²) < 4.78 is 13.9. The Morgan fingerprint density at radius 1 is 1.04 bits per heavy atom. The summed E-state index contributed by atoms with van der Waals surface area (Å²) in [7, 11) is 0. The van der Waals surface area contributed by atoms with Gasteiger partial charge in [0.25, 0.3) is 0 Å². The topological polar surface area (TPSA) is 26.8 Å². The van der Waals surface area contributed by atoms with Crippen molar-refractivity contribution in [1.82, 2.24) is 9.80 Å². The molecule has 0 unspecified atom stereocenters. The van der Waals surface area contributed by atoms with Crippen LogP contribution in [0.5, 0.6) is 0 Å². The first-order chi connectivity index (χ1) is 12.1. The molecule has 0 bridgehead atoms. The van der Waals surface area contributed by atoms with Crippen LogP contribution in [0, 0.1) is 11.7 Å². The van der Waals surface area contributed by atoms with Crippen molar-refractivity contribution in [3.63, 3.8) is 0 Å². The number of nitrogens with zero attached hydrogens (tertiary/aromatic N) is 3. The predicted molar refractivity (Wildman–Crippen MR) is 99.5 cm³/mol. The van der Waals surface area contributed by atoms with Crippen molar-refractivity contribution in [3.8, 4) is 0 Å². The third-order valence-corrected chi connectivity index (χ3v) is 5.57. The van der Waals surface area contributed by atoms with E-state index in [0.29, 0.717) is 6.54 Å². The van der Waals surface area contributed by atoms with Crippen molar-refractivity contribution >= 4 is 11.5 Å². The van der Waals surface area contributed by atoms with Crippen molar-refractivity contribution in [2.24, 2.45) is 5.92 Å². The van der Waals surface area contributed by atoms with Crippen LogP contribution >= 0.6 is 0 Å². The molecule has 0 saturated carbocycles. The van der Waals surface area contributed by atoms with Gasteiger partial charge in [-0.3, -0.25) is 14.6 Å². The molecule has 0 amide bonds. The molecule has 1 aromatic carbocycles. The number of para-hydroxylation sites is 1. The molecule has 0 radical (unpaired) electrons. The summed E-state index contributed by atoms with van der Waals surface area (Å²) in [4.78, 5) is 18.2. The lowest BCUT2D eigenvalue weighted by Gasteiger charge is -2.37. The van der Waals surface area contributed by atoms with E-state index in [9.17, 15) is 9.18 Å². The molecule has 0 spiro atoms. The maximum Gasteiger partial charge on any atom is 0.146 e. The minimum absolute atomic E-state index is 0.117. The molecule has 1 aromatic rings. The Morgan fingerprint density at radius 3 is 2.36 bits per heavy atom. The summed E-state index contributed by atoms with van der Waals surface area (Å²) in [5.41, 5.74) is 0.736. The molecule has 2 aliphatic rings. The Labute approximate surface area is 150 Å². The number of hydrogen-bond donors (Lipinski definition) is 0. The van der Waals surface area contributed by atoms with Gasteiger partial charge in [-0.05, 0) is 63.9 Å². The minimum Gasteiger partial charge on any atom is -0.367 e. The van der Waals surface area contributed by atoms with Gasteiger partial charge in [0, 0.05) is 26.2 Å². The summed E-state index contributed by atoms with van der Waals surface area (Å²) in [6.07, 6.45) is 3.67. The van der Waals surface area contributed by atoms with E-state index >= 15 is 0 Å². The number of halogens is 1. The third kappa shape index (κ3) is 5.25. The lowest BCUT2D eigenvalue weighted by molar-refractivity contribution is -0.118. The van der Waals surface area contributed by atoms with Crippen LogP contribution in [0.1, 0.15) is 26.2 Å². The number of Topliss-reactive ketones (excluding diaryl/α,β-unsaturated/α-hetero) is 1. The van der Waals surface area contributed by atoms with Crippen molar-refractivity contribution in [3.05, 3.63) is 30.1 Å². The molecule has 2 saturated heterocycles. The molecule has 25 heavy (non-hydrogen) atoms. The average molecular weight is 347 g/mol. The lowest BCUT2D eigenvalue weighted by Crippen LogP contribution is -2.47. The van der Waals surface area contributed by atoms with Gasteiger partial charge in [0.1, 0.15) is 11.6 Å². The number of anilines is 1. The summed E-state index contributed by atoms with van der Waals surface area (Å²) in [5, 5.41) is 0. The van der Waals surface area contributed by atoms with E-state index in [1.54, 1.807) is 19.1 Å². The fourth-order valence-corrected chi connectivity index (χ4v) is 4.03. The average Bonchev–Trinajstić information content (AvgIpc) is 2.62. The maximum absolute atomic E-state index is 13.9. The monoisotopic (exact) mass is 347 g/mol. The Morgan fingerprint density at radius 2 is 1.72 bits per heavy atom. The number of piperazine rings is 1. The Kier molecular flexibility index (Phi) is 6.43. The number of benzene rings is 1. The van der Waals surface area contributed by atoms with Crippen LogP contribution in [-0.2, 0) is 4.79 Å². The van der Waals surface area contributed by atoms with E-state index in [1.165, 1.54) is 19.3 Å². The van der Waals surface area contributed by atoms with Gasteiger partial charge in [0.05, 0.1) is 12.2 Å². The number of carbonyl (C=O) groups is 1. The number of hydrogen-bond acceptors (Lipinski definition) is 4. The van der Waals surface area contributed by atoms with E-state index in [4.69, 9.17) is 0 Å². The molecule has 2 heterocycles. The summed E-state index contributed by atoms with van der Waals surface area (Å²) in [5.74, 6) is 0.937. The molecule has 0 aromatic heterocycles. The minimum atomic E-state index is -0.117. The highest BCUT2D eigenvalue weighted by atomic mass is 19.1. The van der Waals surface area contributed by atoms with Crippen LogP contribution in [0.2, 0.25) is 0 Å². The lowest BCUT2D eigenvalue weighted by atomic mass is 9.93. The second kappa shape index (κ2) is 8.77. The van der Waals surface area contributed by atoms with Gasteiger partial charge < -0.3 is 4.90 Å². The highest BCUT2D eigenvalue weighted by Gasteiger charge is 2.23. The summed E-state index contributed by atoms with van der Waals surface area (Å²) >= 11 is 0. The zero-order valence-electron chi connectivity index (χ0n) is 15.3. The highest BCUT2D eigenvalue weighted by molar-refractivity contribution is 5.77. The van der Waals surface area contributed by atoms with Crippen LogP contribution in [0.25, 0.3) is 0 Å². The van der Waals surface area contributed by atoms with Gasteiger partial charge in [0.2, 0.25) is 0 Å². The first-order valence-electron chi connectivity index (χ1n) is 9.55. The van der Waals surface area contributed by atoms with Crippen LogP contribution in [0.4, 0.5) is 10.1 Å². The SMILES string of the molecule is CC(=O)CN1CCC(CCN2CCN(c3ccccc3F)CC2)CC1. The number of rotatable bonds is 6. The summed E-state index contributed by atoms with van der Waals surface area (Å²) in [6, 6.07) is 7.07. The third-order valence-electron chi connectivity index (χ3n) is 5.57. The number of piperidine rings is 1. The Balaban J connectivity index is 1.36. The number of likely N-dealkylation sites (tertiary alicyclic amines) is 1. The van der Waals surface area contributed by atoms with Crippen LogP contribution in [0.15, 0.2) is 24.3 Å². The molecular formula is C20H30FN3O. The molecular weight excluding hydrogens is 317 g/mol. The van der Waals surface area contributed by atoms with E-state index in [-0.39, 0.29) is 11.6 Å². The van der Waals surface area contributed by atoms with Gasteiger partial charge in [-0.15, -0.1) is 0 Å². The van der Waals surface area contributed by atoms with Crippen LogP contribution in [0.3, 0.4) is 0 Å². The van der Waals surface area contributed by atoms with Gasteiger partial charge in [-0.1, -0.05) is 12.1 Å². The second-order valence-corrected chi connectivity index (χ2v) is 7.49. The molecule has 0 atom stereocenters. The Bertz CT molecular complexity index is 564. The van der Waals surface area contributed by atoms with E-state index in [2.05, 4.69) is 14.7 Å².